The van der Waals surface area contributed by atoms with Gasteiger partial charge in [-0.3, -0.25) is 4.99 Å². The highest BCUT2D eigenvalue weighted by molar-refractivity contribution is 5.71. The Kier molecular flexibility index (Phi) is 5.14. The number of nitrogens with zero attached hydrogens (tertiary/aromatic N) is 1. The minimum absolute atomic E-state index is 1.63. The molecule has 0 amide bonds. The Morgan fingerprint density at radius 1 is 1.62 bits per heavy atom. The molecule has 0 heterocycles. The Hall–Kier alpha value is -1.07. The van der Waals surface area contributed by atoms with E-state index in [9.17, 15) is 0 Å². The zero-order valence-corrected chi connectivity index (χ0v) is 4.96. The number of hydrogen-bond acceptors (Lipinski definition) is 1. The standard InChI is InChI=1S/C7H9N/c1-3-5-7-8-6-4-2/h4-7H,1H2,2H3/b6-4?,8-7-. The van der Waals surface area contributed by atoms with Crippen LogP contribution in [0.4, 0.5) is 0 Å². The second-order valence-electron chi connectivity index (χ2n) is 1.15. The van der Waals surface area contributed by atoms with Crippen LogP contribution in [0.5, 0.6) is 0 Å². The predicted molar refractivity (Wildman–Crippen MR) is 37.0 cm³/mol. The summed E-state index contributed by atoms with van der Waals surface area (Å²) in [6.07, 6.45) is 6.84. The summed E-state index contributed by atoms with van der Waals surface area (Å²) in [5.41, 5.74) is 2.57. The Labute approximate surface area is 49.8 Å². The van der Waals surface area contributed by atoms with Crippen LogP contribution in [0.15, 0.2) is 35.7 Å². The van der Waals surface area contributed by atoms with E-state index in [1.54, 1.807) is 18.5 Å². The average Bonchev–Trinajstić information content (AvgIpc) is 1.81. The summed E-state index contributed by atoms with van der Waals surface area (Å²) in [6, 6.07) is 0. The third-order valence-corrected chi connectivity index (χ3v) is 0.514. The molecule has 0 radical (unpaired) electrons. The topological polar surface area (TPSA) is 12.4 Å². The van der Waals surface area contributed by atoms with Crippen molar-refractivity contribution in [2.24, 2.45) is 4.99 Å². The first kappa shape index (κ1) is 6.93. The fourth-order valence-corrected chi connectivity index (χ4v) is 0.231. The molecule has 0 spiro atoms. The average molecular weight is 107 g/mol. The van der Waals surface area contributed by atoms with E-state index in [2.05, 4.69) is 17.3 Å². The summed E-state index contributed by atoms with van der Waals surface area (Å²) in [6.45, 7) is 5.27. The molecule has 0 saturated carbocycles. The van der Waals surface area contributed by atoms with Crippen molar-refractivity contribution < 1.29 is 0 Å². The first-order valence-electron chi connectivity index (χ1n) is 2.40. The maximum Gasteiger partial charge on any atom is 0.0344 e. The molecule has 1 heteroatoms. The molecule has 0 bridgehead atoms. The molecule has 0 rings (SSSR count). The largest absolute Gasteiger partial charge is 0.264 e. The summed E-state index contributed by atoms with van der Waals surface area (Å²) >= 11 is 0. The van der Waals surface area contributed by atoms with Crippen LogP contribution in [0.1, 0.15) is 6.92 Å². The Morgan fingerprint density at radius 3 is 2.88 bits per heavy atom. The molecular weight excluding hydrogens is 98.1 g/mol. The van der Waals surface area contributed by atoms with E-state index in [4.69, 9.17) is 0 Å². The van der Waals surface area contributed by atoms with Gasteiger partial charge in [0.1, 0.15) is 0 Å². The van der Waals surface area contributed by atoms with Gasteiger partial charge in [0.25, 0.3) is 0 Å². The van der Waals surface area contributed by atoms with Crippen LogP contribution in [0.3, 0.4) is 0 Å². The summed E-state index contributed by atoms with van der Waals surface area (Å²) in [7, 11) is 0. The van der Waals surface area contributed by atoms with Crippen molar-refractivity contribution in [1.29, 1.82) is 0 Å². The Bertz CT molecular complexity index is 136. The second kappa shape index (κ2) is 5.93. The smallest absolute Gasteiger partial charge is 0.0344 e. The van der Waals surface area contributed by atoms with Gasteiger partial charge in [-0.2, -0.15) is 0 Å². The van der Waals surface area contributed by atoms with E-state index in [0.29, 0.717) is 0 Å². The number of rotatable bonds is 2. The zero-order chi connectivity index (χ0) is 6.24. The van der Waals surface area contributed by atoms with Crippen molar-refractivity contribution in [1.82, 2.24) is 0 Å². The van der Waals surface area contributed by atoms with Crippen molar-refractivity contribution in [2.45, 2.75) is 6.92 Å². The van der Waals surface area contributed by atoms with Crippen molar-refractivity contribution in [3.63, 3.8) is 0 Å². The summed E-state index contributed by atoms with van der Waals surface area (Å²) in [5, 5.41) is 0. The minimum atomic E-state index is 1.63. The molecule has 0 aromatic carbocycles. The van der Waals surface area contributed by atoms with E-state index < -0.39 is 0 Å². The van der Waals surface area contributed by atoms with Crippen LogP contribution in [0.2, 0.25) is 0 Å². The van der Waals surface area contributed by atoms with Gasteiger partial charge < -0.3 is 0 Å². The number of allylic oxidation sites excluding steroid dienone is 2. The lowest BCUT2D eigenvalue weighted by molar-refractivity contribution is 1.55. The molecule has 0 N–H and O–H groups in total. The Balaban J connectivity index is 3.50. The summed E-state index contributed by atoms with van der Waals surface area (Å²) < 4.78 is 0. The van der Waals surface area contributed by atoms with Crippen molar-refractivity contribution in [3.05, 3.63) is 30.7 Å². The zero-order valence-electron chi connectivity index (χ0n) is 4.96. The highest BCUT2D eigenvalue weighted by atomic mass is 14.6. The van der Waals surface area contributed by atoms with Crippen molar-refractivity contribution in [2.75, 3.05) is 0 Å². The lowest BCUT2D eigenvalue weighted by atomic mass is 10.6. The fraction of sp³-hybridized carbons (Fsp3) is 0.143. The van der Waals surface area contributed by atoms with Gasteiger partial charge in [-0.15, -0.1) is 5.73 Å². The van der Waals surface area contributed by atoms with Crippen LogP contribution in [0.25, 0.3) is 0 Å². The summed E-state index contributed by atoms with van der Waals surface area (Å²) in [4.78, 5) is 3.82. The molecule has 0 aliphatic rings. The van der Waals surface area contributed by atoms with Gasteiger partial charge in [-0.1, -0.05) is 12.7 Å². The van der Waals surface area contributed by atoms with E-state index in [1.165, 1.54) is 0 Å². The van der Waals surface area contributed by atoms with Gasteiger partial charge in [0.2, 0.25) is 0 Å². The highest BCUT2D eigenvalue weighted by Gasteiger charge is 1.54. The monoisotopic (exact) mass is 107 g/mol. The normalized spacial score (nSPS) is 10.1. The van der Waals surface area contributed by atoms with E-state index in [0.717, 1.165) is 0 Å². The molecule has 0 atom stereocenters. The van der Waals surface area contributed by atoms with Crippen LogP contribution in [0, 0.1) is 0 Å². The van der Waals surface area contributed by atoms with Gasteiger partial charge in [-0.05, 0) is 13.0 Å². The van der Waals surface area contributed by atoms with Gasteiger partial charge in [0.05, 0.1) is 0 Å². The molecule has 1 nitrogen and oxygen atoms in total. The van der Waals surface area contributed by atoms with Crippen molar-refractivity contribution >= 4 is 6.21 Å². The molecule has 0 aromatic rings. The third-order valence-electron chi connectivity index (χ3n) is 0.514. The van der Waals surface area contributed by atoms with E-state index in [-0.39, 0.29) is 0 Å². The van der Waals surface area contributed by atoms with Gasteiger partial charge >= 0.3 is 0 Å². The molecule has 0 aliphatic heterocycles. The van der Waals surface area contributed by atoms with Crippen LogP contribution < -0.4 is 0 Å². The van der Waals surface area contributed by atoms with E-state index in [1.807, 2.05) is 13.0 Å². The van der Waals surface area contributed by atoms with Crippen molar-refractivity contribution in [3.8, 4) is 0 Å². The maximum absolute atomic E-state index is 3.82. The van der Waals surface area contributed by atoms with Gasteiger partial charge in [0.15, 0.2) is 0 Å². The van der Waals surface area contributed by atoms with Crippen LogP contribution in [-0.2, 0) is 0 Å². The van der Waals surface area contributed by atoms with Gasteiger partial charge in [-0.25, -0.2) is 0 Å². The highest BCUT2D eigenvalue weighted by Crippen LogP contribution is 1.69. The second-order valence-corrected chi connectivity index (χ2v) is 1.15. The maximum atomic E-state index is 3.82. The minimum Gasteiger partial charge on any atom is -0.264 e. The number of aliphatic imine (C=N–C) groups is 1. The number of hydrogen-bond donors (Lipinski definition) is 0. The fourth-order valence-electron chi connectivity index (χ4n) is 0.231. The Morgan fingerprint density at radius 2 is 2.38 bits per heavy atom. The van der Waals surface area contributed by atoms with Gasteiger partial charge in [0, 0.05) is 12.4 Å². The summed E-state index contributed by atoms with van der Waals surface area (Å²) in [5.74, 6) is 0. The SMILES string of the molecule is C=C=C/C=N\C=CC. The molecule has 0 fully saturated rings. The molecule has 8 heavy (non-hydrogen) atoms. The third kappa shape index (κ3) is 4.93. The molecule has 0 aromatic heterocycles. The lowest BCUT2D eigenvalue weighted by Gasteiger charge is -1.67. The predicted octanol–water partition coefficient (Wildman–Crippen LogP) is 1.93. The molecular formula is C7H9N. The first-order chi connectivity index (χ1) is 3.91. The quantitative estimate of drug-likeness (QED) is 0.377. The molecule has 0 saturated heterocycles. The molecule has 42 valence electrons. The van der Waals surface area contributed by atoms with Crippen LogP contribution in [-0.4, -0.2) is 6.21 Å². The van der Waals surface area contributed by atoms with E-state index >= 15 is 0 Å². The molecule has 0 unspecified atom stereocenters. The molecule has 0 aliphatic carbocycles. The van der Waals surface area contributed by atoms with Crippen LogP contribution >= 0.6 is 0 Å². The first-order valence-corrected chi connectivity index (χ1v) is 2.40. The lowest BCUT2D eigenvalue weighted by Crippen LogP contribution is -1.55.